The lowest BCUT2D eigenvalue weighted by molar-refractivity contribution is -0.116. The molecule has 0 aromatic carbocycles. The van der Waals surface area contributed by atoms with Crippen LogP contribution in [0.2, 0.25) is 0 Å². The quantitative estimate of drug-likeness (QED) is 0.733. The molecule has 0 spiro atoms. The van der Waals surface area contributed by atoms with Crippen molar-refractivity contribution in [1.82, 2.24) is 19.7 Å². The number of hydrogen-bond donors (Lipinski definition) is 2. The minimum atomic E-state index is -0.659. The smallest absolute Gasteiger partial charge is 0.247 e. The average molecular weight is 236 g/mol. The molecule has 7 nitrogen and oxygen atoms in total. The van der Waals surface area contributed by atoms with Gasteiger partial charge in [0.25, 0.3) is 0 Å². The Morgan fingerprint density at radius 2 is 2.35 bits per heavy atom. The minimum Gasteiger partial charge on any atom is -0.367 e. The maximum Gasteiger partial charge on any atom is 0.247 e. The Morgan fingerprint density at radius 1 is 1.53 bits per heavy atom. The minimum absolute atomic E-state index is 0.0671. The fourth-order valence-corrected chi connectivity index (χ4v) is 1.19. The molecule has 88 valence electrons. The SMILES string of the molecule is Nc1ncn(CC(=O)Nc2cccc(F)n2)n1. The molecule has 0 aliphatic rings. The lowest BCUT2D eigenvalue weighted by atomic mass is 10.4. The van der Waals surface area contributed by atoms with Crippen LogP contribution >= 0.6 is 0 Å². The van der Waals surface area contributed by atoms with Crippen molar-refractivity contribution >= 4 is 17.7 Å². The summed E-state index contributed by atoms with van der Waals surface area (Å²) in [5.74, 6) is -0.828. The number of nitrogen functional groups attached to an aromatic ring is 1. The van der Waals surface area contributed by atoms with Gasteiger partial charge in [-0.05, 0) is 12.1 Å². The number of rotatable bonds is 3. The topological polar surface area (TPSA) is 98.7 Å². The molecule has 8 heteroatoms. The van der Waals surface area contributed by atoms with Gasteiger partial charge in [-0.3, -0.25) is 4.79 Å². The van der Waals surface area contributed by atoms with Gasteiger partial charge in [-0.1, -0.05) is 6.07 Å². The molecule has 0 aliphatic heterocycles. The second-order valence-electron chi connectivity index (χ2n) is 3.19. The molecule has 0 atom stereocenters. The lowest BCUT2D eigenvalue weighted by Gasteiger charge is -2.03. The van der Waals surface area contributed by atoms with Crippen LogP contribution in [0.15, 0.2) is 24.5 Å². The van der Waals surface area contributed by atoms with Crippen molar-refractivity contribution < 1.29 is 9.18 Å². The Kier molecular flexibility index (Phi) is 2.95. The second kappa shape index (κ2) is 4.56. The molecular formula is C9H9FN6O. The Hall–Kier alpha value is -2.51. The summed E-state index contributed by atoms with van der Waals surface area (Å²) in [6.07, 6.45) is 1.33. The Balaban J connectivity index is 1.98. The molecule has 2 heterocycles. The van der Waals surface area contributed by atoms with Gasteiger partial charge >= 0.3 is 0 Å². The van der Waals surface area contributed by atoms with Crippen molar-refractivity contribution in [3.8, 4) is 0 Å². The van der Waals surface area contributed by atoms with Gasteiger partial charge in [0.2, 0.25) is 17.8 Å². The third-order valence-corrected chi connectivity index (χ3v) is 1.84. The highest BCUT2D eigenvalue weighted by Crippen LogP contribution is 2.03. The van der Waals surface area contributed by atoms with Gasteiger partial charge in [-0.25, -0.2) is 14.6 Å². The zero-order chi connectivity index (χ0) is 12.3. The van der Waals surface area contributed by atoms with Crippen molar-refractivity contribution in [2.24, 2.45) is 0 Å². The molecule has 17 heavy (non-hydrogen) atoms. The van der Waals surface area contributed by atoms with E-state index in [2.05, 4.69) is 20.4 Å². The van der Waals surface area contributed by atoms with Crippen LogP contribution in [-0.4, -0.2) is 25.7 Å². The van der Waals surface area contributed by atoms with E-state index in [0.717, 1.165) is 0 Å². The first-order valence-electron chi connectivity index (χ1n) is 4.71. The third-order valence-electron chi connectivity index (χ3n) is 1.84. The fraction of sp³-hybridized carbons (Fsp3) is 0.111. The van der Waals surface area contributed by atoms with E-state index in [1.165, 1.54) is 29.2 Å². The van der Waals surface area contributed by atoms with Crippen LogP contribution in [0.3, 0.4) is 0 Å². The van der Waals surface area contributed by atoms with Gasteiger partial charge in [0, 0.05) is 0 Å². The average Bonchev–Trinajstić information content (AvgIpc) is 2.63. The van der Waals surface area contributed by atoms with Crippen LogP contribution in [0.25, 0.3) is 0 Å². The van der Waals surface area contributed by atoms with E-state index in [1.807, 2.05) is 0 Å². The van der Waals surface area contributed by atoms with Crippen molar-refractivity contribution in [2.75, 3.05) is 11.1 Å². The lowest BCUT2D eigenvalue weighted by Crippen LogP contribution is -2.19. The molecular weight excluding hydrogens is 227 g/mol. The molecule has 2 aromatic heterocycles. The van der Waals surface area contributed by atoms with Gasteiger partial charge in [0.1, 0.15) is 18.7 Å². The van der Waals surface area contributed by atoms with Crippen LogP contribution < -0.4 is 11.1 Å². The highest BCUT2D eigenvalue weighted by molar-refractivity contribution is 5.89. The Bertz CT molecular complexity index is 540. The summed E-state index contributed by atoms with van der Waals surface area (Å²) < 4.78 is 14.0. The molecule has 0 unspecified atom stereocenters. The number of nitrogens with two attached hydrogens (primary N) is 1. The highest BCUT2D eigenvalue weighted by Gasteiger charge is 2.06. The number of carbonyl (C=O) groups excluding carboxylic acids is 1. The highest BCUT2D eigenvalue weighted by atomic mass is 19.1. The van der Waals surface area contributed by atoms with Gasteiger partial charge in [-0.15, -0.1) is 5.10 Å². The third kappa shape index (κ3) is 2.97. The first-order chi connectivity index (χ1) is 8.13. The largest absolute Gasteiger partial charge is 0.367 e. The molecule has 0 fully saturated rings. The maximum atomic E-state index is 12.7. The predicted octanol–water partition coefficient (Wildman–Crippen LogP) is 0.0331. The zero-order valence-corrected chi connectivity index (χ0v) is 8.67. The Morgan fingerprint density at radius 3 is 3.00 bits per heavy atom. The van der Waals surface area contributed by atoms with Crippen molar-refractivity contribution in [3.63, 3.8) is 0 Å². The number of nitrogens with zero attached hydrogens (tertiary/aromatic N) is 4. The van der Waals surface area contributed by atoms with Crippen LogP contribution in [0.1, 0.15) is 0 Å². The second-order valence-corrected chi connectivity index (χ2v) is 3.19. The number of amides is 1. The van der Waals surface area contributed by atoms with E-state index in [9.17, 15) is 9.18 Å². The number of hydrogen-bond acceptors (Lipinski definition) is 5. The number of nitrogens with one attached hydrogen (secondary N) is 1. The number of carbonyl (C=O) groups is 1. The standard InChI is InChI=1S/C9H9FN6O/c10-6-2-1-3-7(13-6)14-8(17)4-16-5-12-9(11)15-16/h1-3,5H,4H2,(H2,11,15)(H,13,14,17). The van der Waals surface area contributed by atoms with Crippen LogP contribution in [0.4, 0.5) is 16.2 Å². The molecule has 0 saturated heterocycles. The van der Waals surface area contributed by atoms with E-state index < -0.39 is 11.9 Å². The van der Waals surface area contributed by atoms with E-state index >= 15 is 0 Å². The summed E-state index contributed by atoms with van der Waals surface area (Å²) in [6.45, 7) is -0.0671. The van der Waals surface area contributed by atoms with Crippen LogP contribution in [0, 0.1) is 5.95 Å². The van der Waals surface area contributed by atoms with Crippen LogP contribution in [-0.2, 0) is 11.3 Å². The summed E-state index contributed by atoms with van der Waals surface area (Å²) in [5, 5.41) is 6.16. The van der Waals surface area contributed by atoms with Crippen molar-refractivity contribution in [3.05, 3.63) is 30.5 Å². The van der Waals surface area contributed by atoms with Crippen molar-refractivity contribution in [1.29, 1.82) is 0 Å². The van der Waals surface area contributed by atoms with Gasteiger partial charge in [0.15, 0.2) is 0 Å². The summed E-state index contributed by atoms with van der Waals surface area (Å²) >= 11 is 0. The summed E-state index contributed by atoms with van der Waals surface area (Å²) in [7, 11) is 0. The van der Waals surface area contributed by atoms with Gasteiger partial charge in [0.05, 0.1) is 0 Å². The summed E-state index contributed by atoms with van der Waals surface area (Å²) in [4.78, 5) is 18.7. The van der Waals surface area contributed by atoms with E-state index in [1.54, 1.807) is 0 Å². The predicted molar refractivity (Wildman–Crippen MR) is 57.3 cm³/mol. The summed E-state index contributed by atoms with van der Waals surface area (Å²) in [5.41, 5.74) is 5.29. The monoisotopic (exact) mass is 236 g/mol. The molecule has 3 N–H and O–H groups in total. The molecule has 0 radical (unpaired) electrons. The van der Waals surface area contributed by atoms with Gasteiger partial charge < -0.3 is 11.1 Å². The number of halogens is 1. The van der Waals surface area contributed by atoms with E-state index in [4.69, 9.17) is 5.73 Å². The molecule has 1 amide bonds. The fourth-order valence-electron chi connectivity index (χ4n) is 1.19. The van der Waals surface area contributed by atoms with E-state index in [0.29, 0.717) is 0 Å². The van der Waals surface area contributed by atoms with E-state index in [-0.39, 0.29) is 18.3 Å². The molecule has 0 bridgehead atoms. The molecule has 0 saturated carbocycles. The molecule has 2 aromatic rings. The van der Waals surface area contributed by atoms with Crippen molar-refractivity contribution in [2.45, 2.75) is 6.54 Å². The normalized spacial score (nSPS) is 10.2. The summed E-state index contributed by atoms with van der Waals surface area (Å²) in [6, 6.07) is 4.12. The first-order valence-corrected chi connectivity index (χ1v) is 4.71. The Labute approximate surface area is 95.5 Å². The molecule has 2 rings (SSSR count). The van der Waals surface area contributed by atoms with Gasteiger partial charge in [-0.2, -0.15) is 4.39 Å². The number of pyridine rings is 1. The molecule has 0 aliphatic carbocycles. The maximum absolute atomic E-state index is 12.7. The number of anilines is 2. The van der Waals surface area contributed by atoms with Crippen LogP contribution in [0.5, 0.6) is 0 Å². The number of aromatic nitrogens is 4. The zero-order valence-electron chi connectivity index (χ0n) is 8.67. The first kappa shape index (κ1) is 11.0.